The average molecular weight is 358 g/mol. The van der Waals surface area contributed by atoms with Crippen molar-refractivity contribution in [2.75, 3.05) is 23.9 Å². The molecule has 132 valence electrons. The highest BCUT2D eigenvalue weighted by Crippen LogP contribution is 2.34. The molecule has 0 atom stereocenters. The van der Waals surface area contributed by atoms with Gasteiger partial charge in [0, 0.05) is 28.4 Å². The summed E-state index contributed by atoms with van der Waals surface area (Å²) in [6.45, 7) is 4.61. The fraction of sp³-hybridized carbons (Fsp3) is 0.368. The number of anilines is 2. The van der Waals surface area contributed by atoms with Gasteiger partial charge in [0.2, 0.25) is 5.91 Å². The molecule has 0 unspecified atom stereocenters. The molecule has 1 saturated heterocycles. The summed E-state index contributed by atoms with van der Waals surface area (Å²) in [7, 11) is 1.59. The van der Waals surface area contributed by atoms with E-state index in [1.165, 1.54) is 0 Å². The summed E-state index contributed by atoms with van der Waals surface area (Å²) in [5.74, 6) is 0.594. The highest BCUT2D eigenvalue weighted by Gasteiger charge is 2.23. The summed E-state index contributed by atoms with van der Waals surface area (Å²) < 4.78 is 5.41. The van der Waals surface area contributed by atoms with E-state index in [1.54, 1.807) is 35.5 Å². The number of rotatable bonds is 4. The number of nitrogens with one attached hydrogen (secondary N) is 1. The largest absolute Gasteiger partial charge is 0.495 e. The molecule has 0 bridgehead atoms. The second kappa shape index (κ2) is 7.27. The maximum Gasteiger partial charge on any atom is 0.256 e. The van der Waals surface area contributed by atoms with E-state index in [-0.39, 0.29) is 11.8 Å². The normalized spacial score (nSPS) is 14.5. The minimum Gasteiger partial charge on any atom is -0.495 e. The first-order chi connectivity index (χ1) is 12.0. The molecule has 1 aliphatic heterocycles. The van der Waals surface area contributed by atoms with Gasteiger partial charge in [-0.2, -0.15) is 0 Å². The SMILES string of the molecule is COc1ccc(NC(=O)c2cc(C)sc2C)cc1N1CCCCC1=O. The minimum atomic E-state index is -0.136. The Hall–Kier alpha value is -2.34. The second-order valence-electron chi connectivity index (χ2n) is 6.17. The third-order valence-corrected chi connectivity index (χ3v) is 5.30. The molecule has 2 amide bonds. The third-order valence-electron chi connectivity index (χ3n) is 4.34. The van der Waals surface area contributed by atoms with E-state index in [0.717, 1.165) is 22.6 Å². The zero-order valence-electron chi connectivity index (χ0n) is 14.7. The predicted octanol–water partition coefficient (Wildman–Crippen LogP) is 4.14. The Kier molecular flexibility index (Phi) is 5.08. The van der Waals surface area contributed by atoms with Crippen LogP contribution in [0.5, 0.6) is 5.75 Å². The Balaban J connectivity index is 1.87. The zero-order valence-corrected chi connectivity index (χ0v) is 15.5. The summed E-state index contributed by atoms with van der Waals surface area (Å²) in [5, 5.41) is 2.93. The first-order valence-electron chi connectivity index (χ1n) is 8.36. The van der Waals surface area contributed by atoms with Crippen LogP contribution in [0, 0.1) is 13.8 Å². The molecular weight excluding hydrogens is 336 g/mol. The summed E-state index contributed by atoms with van der Waals surface area (Å²) in [4.78, 5) is 28.6. The molecule has 3 rings (SSSR count). The van der Waals surface area contributed by atoms with Crippen LogP contribution in [0.15, 0.2) is 24.3 Å². The number of ether oxygens (including phenoxy) is 1. The van der Waals surface area contributed by atoms with Crippen molar-refractivity contribution < 1.29 is 14.3 Å². The minimum absolute atomic E-state index is 0.0948. The van der Waals surface area contributed by atoms with Crippen LogP contribution >= 0.6 is 11.3 Å². The van der Waals surface area contributed by atoms with Gasteiger partial charge in [-0.15, -0.1) is 11.3 Å². The van der Waals surface area contributed by atoms with E-state index >= 15 is 0 Å². The van der Waals surface area contributed by atoms with E-state index in [4.69, 9.17) is 4.74 Å². The van der Waals surface area contributed by atoms with Crippen LogP contribution in [0.4, 0.5) is 11.4 Å². The highest BCUT2D eigenvalue weighted by molar-refractivity contribution is 7.12. The number of thiophene rings is 1. The van der Waals surface area contributed by atoms with Gasteiger partial charge in [0.1, 0.15) is 5.75 Å². The number of nitrogens with zero attached hydrogens (tertiary/aromatic N) is 1. The van der Waals surface area contributed by atoms with Gasteiger partial charge < -0.3 is 15.0 Å². The monoisotopic (exact) mass is 358 g/mol. The van der Waals surface area contributed by atoms with Crippen molar-refractivity contribution in [3.05, 3.63) is 39.6 Å². The number of carbonyl (C=O) groups is 2. The molecular formula is C19H22N2O3S. The highest BCUT2D eigenvalue weighted by atomic mass is 32.1. The smallest absolute Gasteiger partial charge is 0.256 e. The lowest BCUT2D eigenvalue weighted by atomic mass is 10.1. The van der Waals surface area contributed by atoms with Crippen LogP contribution in [0.3, 0.4) is 0 Å². The molecule has 1 aliphatic rings. The van der Waals surface area contributed by atoms with Crippen LogP contribution in [0.25, 0.3) is 0 Å². The first kappa shape index (κ1) is 17.5. The Morgan fingerprint density at radius 1 is 1.24 bits per heavy atom. The van der Waals surface area contributed by atoms with Crippen molar-refractivity contribution in [3.8, 4) is 5.75 Å². The summed E-state index contributed by atoms with van der Waals surface area (Å²) >= 11 is 1.61. The van der Waals surface area contributed by atoms with Crippen molar-refractivity contribution in [1.82, 2.24) is 0 Å². The number of benzene rings is 1. The van der Waals surface area contributed by atoms with Crippen molar-refractivity contribution in [2.45, 2.75) is 33.1 Å². The van der Waals surface area contributed by atoms with Crippen LogP contribution in [0.1, 0.15) is 39.4 Å². The van der Waals surface area contributed by atoms with Crippen molar-refractivity contribution in [3.63, 3.8) is 0 Å². The molecule has 1 aromatic carbocycles. The van der Waals surface area contributed by atoms with Crippen molar-refractivity contribution >= 4 is 34.5 Å². The number of hydrogen-bond donors (Lipinski definition) is 1. The van der Waals surface area contributed by atoms with Gasteiger partial charge in [-0.3, -0.25) is 9.59 Å². The zero-order chi connectivity index (χ0) is 18.0. The Morgan fingerprint density at radius 2 is 2.04 bits per heavy atom. The van der Waals surface area contributed by atoms with E-state index in [1.807, 2.05) is 26.0 Å². The molecule has 6 heteroatoms. The Labute approximate surface area is 151 Å². The molecule has 2 aromatic rings. The maximum atomic E-state index is 12.5. The molecule has 1 N–H and O–H groups in total. The molecule has 25 heavy (non-hydrogen) atoms. The number of methoxy groups -OCH3 is 1. The first-order valence-corrected chi connectivity index (χ1v) is 9.18. The van der Waals surface area contributed by atoms with Crippen LogP contribution < -0.4 is 15.0 Å². The average Bonchev–Trinajstić information content (AvgIpc) is 2.94. The Bertz CT molecular complexity index is 813. The second-order valence-corrected chi connectivity index (χ2v) is 7.63. The predicted molar refractivity (Wildman–Crippen MR) is 101 cm³/mol. The number of piperidine rings is 1. The lowest BCUT2D eigenvalue weighted by Crippen LogP contribution is -2.35. The molecule has 0 saturated carbocycles. The summed E-state index contributed by atoms with van der Waals surface area (Å²) in [6, 6.07) is 7.30. The van der Waals surface area contributed by atoms with Crippen LogP contribution in [-0.2, 0) is 4.79 Å². The van der Waals surface area contributed by atoms with Gasteiger partial charge in [-0.1, -0.05) is 0 Å². The topological polar surface area (TPSA) is 58.6 Å². The van der Waals surface area contributed by atoms with Gasteiger partial charge in [0.25, 0.3) is 5.91 Å². The molecule has 2 heterocycles. The molecule has 0 aliphatic carbocycles. The van der Waals surface area contributed by atoms with Crippen molar-refractivity contribution in [1.29, 1.82) is 0 Å². The third kappa shape index (κ3) is 3.69. The van der Waals surface area contributed by atoms with Gasteiger partial charge in [-0.05, 0) is 51.0 Å². The summed E-state index contributed by atoms with van der Waals surface area (Å²) in [5.41, 5.74) is 2.06. The quantitative estimate of drug-likeness (QED) is 0.893. The van der Waals surface area contributed by atoms with E-state index < -0.39 is 0 Å². The molecule has 0 radical (unpaired) electrons. The van der Waals surface area contributed by atoms with Crippen LogP contribution in [0.2, 0.25) is 0 Å². The van der Waals surface area contributed by atoms with Gasteiger partial charge in [0.15, 0.2) is 0 Å². The summed E-state index contributed by atoms with van der Waals surface area (Å²) in [6.07, 6.45) is 2.44. The standard InChI is InChI=1S/C19H22N2O3S/c1-12-10-15(13(2)25-12)19(23)20-14-7-8-17(24-3)16(11-14)21-9-5-4-6-18(21)22/h7-8,10-11H,4-6,9H2,1-3H3,(H,20,23). The molecule has 0 spiro atoms. The molecule has 5 nitrogen and oxygen atoms in total. The molecule has 1 fully saturated rings. The van der Waals surface area contributed by atoms with Gasteiger partial charge >= 0.3 is 0 Å². The lowest BCUT2D eigenvalue weighted by molar-refractivity contribution is -0.119. The number of amides is 2. The van der Waals surface area contributed by atoms with E-state index in [2.05, 4.69) is 5.32 Å². The van der Waals surface area contributed by atoms with Crippen LogP contribution in [-0.4, -0.2) is 25.5 Å². The van der Waals surface area contributed by atoms with E-state index in [0.29, 0.717) is 35.7 Å². The van der Waals surface area contributed by atoms with E-state index in [9.17, 15) is 9.59 Å². The fourth-order valence-corrected chi connectivity index (χ4v) is 4.02. The number of carbonyl (C=O) groups excluding carboxylic acids is 2. The maximum absolute atomic E-state index is 12.5. The fourth-order valence-electron chi connectivity index (χ4n) is 3.09. The Morgan fingerprint density at radius 3 is 2.68 bits per heavy atom. The van der Waals surface area contributed by atoms with Gasteiger partial charge in [-0.25, -0.2) is 0 Å². The number of aryl methyl sites for hydroxylation is 2. The molecule has 1 aromatic heterocycles. The van der Waals surface area contributed by atoms with Crippen molar-refractivity contribution in [2.24, 2.45) is 0 Å². The lowest BCUT2D eigenvalue weighted by Gasteiger charge is -2.28. The number of hydrogen-bond acceptors (Lipinski definition) is 4. The van der Waals surface area contributed by atoms with Gasteiger partial charge in [0.05, 0.1) is 18.4 Å².